The van der Waals surface area contributed by atoms with Crippen LogP contribution in [-0.2, 0) is 11.3 Å². The second kappa shape index (κ2) is 9.26. The van der Waals surface area contributed by atoms with Crippen LogP contribution in [0.3, 0.4) is 0 Å². The summed E-state index contributed by atoms with van der Waals surface area (Å²) in [7, 11) is 0. The molecule has 0 saturated carbocycles. The van der Waals surface area contributed by atoms with Gasteiger partial charge in [-0.3, -0.25) is 9.59 Å². The number of ether oxygens (including phenoxy) is 1. The van der Waals surface area contributed by atoms with Crippen molar-refractivity contribution in [2.24, 2.45) is 0 Å². The fourth-order valence-corrected chi connectivity index (χ4v) is 4.34. The van der Waals surface area contributed by atoms with Gasteiger partial charge < -0.3 is 4.74 Å². The Kier molecular flexibility index (Phi) is 6.38. The van der Waals surface area contributed by atoms with Gasteiger partial charge in [-0.25, -0.2) is 9.69 Å². The third-order valence-electron chi connectivity index (χ3n) is 6.19. The minimum Gasteiger partial charge on any atom is -0.457 e. The molecule has 1 aliphatic heterocycles. The lowest BCUT2D eigenvalue weighted by atomic mass is 9.92. The van der Waals surface area contributed by atoms with Crippen LogP contribution in [0.25, 0.3) is 0 Å². The van der Waals surface area contributed by atoms with E-state index in [1.807, 2.05) is 77.1 Å². The maximum absolute atomic E-state index is 13.7. The van der Waals surface area contributed by atoms with Gasteiger partial charge in [0, 0.05) is 0 Å². The van der Waals surface area contributed by atoms with Crippen molar-refractivity contribution in [3.05, 3.63) is 99.6 Å². The zero-order valence-corrected chi connectivity index (χ0v) is 20.2. The fraction of sp³-hybridized carbons (Fsp3) is 0.276. The van der Waals surface area contributed by atoms with E-state index >= 15 is 0 Å². The van der Waals surface area contributed by atoms with Crippen molar-refractivity contribution < 1.29 is 19.1 Å². The number of anilines is 1. The first-order valence-corrected chi connectivity index (χ1v) is 11.6. The lowest BCUT2D eigenvalue weighted by molar-refractivity contribution is 0.0470. The lowest BCUT2D eigenvalue weighted by Gasteiger charge is -2.25. The zero-order chi connectivity index (χ0) is 24.6. The van der Waals surface area contributed by atoms with Crippen LogP contribution in [0.15, 0.2) is 60.7 Å². The molecule has 1 aliphatic rings. The van der Waals surface area contributed by atoms with Crippen molar-refractivity contribution in [2.45, 2.75) is 53.1 Å². The number of carbonyl (C=O) groups is 3. The molecule has 0 N–H and O–H groups in total. The lowest BCUT2D eigenvalue weighted by Crippen LogP contribution is -2.32. The molecule has 0 spiro atoms. The minimum atomic E-state index is -0.623. The molecule has 174 valence electrons. The first-order chi connectivity index (χ1) is 16.2. The summed E-state index contributed by atoms with van der Waals surface area (Å²) in [6.07, 6.45) is 0. The van der Waals surface area contributed by atoms with Gasteiger partial charge in [0.25, 0.3) is 11.8 Å². The quantitative estimate of drug-likeness (QED) is 0.319. The Labute approximate surface area is 200 Å². The van der Waals surface area contributed by atoms with Gasteiger partial charge in [0.15, 0.2) is 0 Å². The van der Waals surface area contributed by atoms with E-state index in [9.17, 15) is 14.4 Å². The van der Waals surface area contributed by atoms with Crippen LogP contribution in [0.2, 0.25) is 0 Å². The summed E-state index contributed by atoms with van der Waals surface area (Å²) in [4.78, 5) is 41.4. The fourth-order valence-electron chi connectivity index (χ4n) is 4.34. The highest BCUT2D eigenvalue weighted by Crippen LogP contribution is 2.40. The van der Waals surface area contributed by atoms with E-state index in [-0.39, 0.29) is 35.1 Å². The summed E-state index contributed by atoms with van der Waals surface area (Å²) < 4.78 is 5.51. The maximum atomic E-state index is 13.7. The van der Waals surface area contributed by atoms with E-state index in [0.29, 0.717) is 5.69 Å². The maximum Gasteiger partial charge on any atom is 0.339 e. The third kappa shape index (κ3) is 4.14. The van der Waals surface area contributed by atoms with Gasteiger partial charge in [-0.2, -0.15) is 0 Å². The topological polar surface area (TPSA) is 63.7 Å². The minimum absolute atomic E-state index is 0.0856. The van der Waals surface area contributed by atoms with Gasteiger partial charge in [0.2, 0.25) is 0 Å². The molecule has 0 bridgehead atoms. The van der Waals surface area contributed by atoms with Gasteiger partial charge in [-0.15, -0.1) is 0 Å². The molecule has 4 rings (SSSR count). The Morgan fingerprint density at radius 1 is 0.824 bits per heavy atom. The van der Waals surface area contributed by atoms with E-state index in [1.165, 1.54) is 4.90 Å². The summed E-state index contributed by atoms with van der Waals surface area (Å²) in [5.74, 6) is -1.31. The van der Waals surface area contributed by atoms with Gasteiger partial charge in [-0.05, 0) is 47.6 Å². The van der Waals surface area contributed by atoms with Crippen LogP contribution < -0.4 is 4.90 Å². The zero-order valence-electron chi connectivity index (χ0n) is 20.2. The molecule has 1 heterocycles. The molecule has 3 aromatic carbocycles. The molecule has 34 heavy (non-hydrogen) atoms. The normalized spacial score (nSPS) is 13.1. The number of rotatable bonds is 6. The van der Waals surface area contributed by atoms with Gasteiger partial charge in [0.05, 0.1) is 22.4 Å². The van der Waals surface area contributed by atoms with Crippen LogP contribution >= 0.6 is 0 Å². The molecule has 0 unspecified atom stereocenters. The van der Waals surface area contributed by atoms with E-state index in [4.69, 9.17) is 4.74 Å². The Balaban J connectivity index is 1.72. The summed E-state index contributed by atoms with van der Waals surface area (Å²) in [5.41, 5.74) is 4.87. The van der Waals surface area contributed by atoms with Gasteiger partial charge in [0.1, 0.15) is 6.61 Å². The number of aryl methyl sites for hydroxylation is 1. The first-order valence-electron chi connectivity index (χ1n) is 11.6. The monoisotopic (exact) mass is 455 g/mol. The Bertz CT molecular complexity index is 1250. The predicted molar refractivity (Wildman–Crippen MR) is 133 cm³/mol. The standard InChI is InChI=1S/C29H29NO4/c1-17(2)21-8-6-9-22(18(3)4)26(21)30-27(31)23-10-7-11-24(25(23)28(30)32)29(33)34-16-20-14-12-19(5)13-15-20/h6-15,17-18H,16H2,1-5H3. The van der Waals surface area contributed by atoms with Crippen molar-refractivity contribution in [3.8, 4) is 0 Å². The highest BCUT2D eigenvalue weighted by atomic mass is 16.5. The van der Waals surface area contributed by atoms with E-state index in [1.54, 1.807) is 18.2 Å². The molecular weight excluding hydrogens is 426 g/mol. The van der Waals surface area contributed by atoms with Crippen molar-refractivity contribution in [1.82, 2.24) is 0 Å². The van der Waals surface area contributed by atoms with Gasteiger partial charge in [-0.1, -0.05) is 81.8 Å². The first kappa shape index (κ1) is 23.4. The largest absolute Gasteiger partial charge is 0.457 e. The average Bonchev–Trinajstić information content (AvgIpc) is 3.07. The van der Waals surface area contributed by atoms with Gasteiger partial charge >= 0.3 is 5.97 Å². The van der Waals surface area contributed by atoms with Crippen molar-refractivity contribution in [2.75, 3.05) is 4.90 Å². The number of esters is 1. The number of hydrogen-bond acceptors (Lipinski definition) is 4. The SMILES string of the molecule is Cc1ccc(COC(=O)c2cccc3c2C(=O)N(c2c(C(C)C)cccc2C(C)C)C3=O)cc1. The third-order valence-corrected chi connectivity index (χ3v) is 6.19. The number of amides is 2. The molecule has 0 saturated heterocycles. The Morgan fingerprint density at radius 3 is 2.00 bits per heavy atom. The van der Waals surface area contributed by atoms with E-state index in [0.717, 1.165) is 22.3 Å². The van der Waals surface area contributed by atoms with Crippen LogP contribution in [0.1, 0.15) is 92.9 Å². The number of benzene rings is 3. The molecule has 2 amide bonds. The molecule has 5 heteroatoms. The van der Waals surface area contributed by atoms with Crippen LogP contribution in [0.4, 0.5) is 5.69 Å². The summed E-state index contributed by atoms with van der Waals surface area (Å²) in [6.45, 7) is 10.2. The van der Waals surface area contributed by atoms with Crippen molar-refractivity contribution in [3.63, 3.8) is 0 Å². The highest BCUT2D eigenvalue weighted by Gasteiger charge is 2.42. The predicted octanol–water partition coefficient (Wildman–Crippen LogP) is 6.40. The second-order valence-corrected chi connectivity index (χ2v) is 9.33. The summed E-state index contributed by atoms with van der Waals surface area (Å²) >= 11 is 0. The number of nitrogens with zero attached hydrogens (tertiary/aromatic N) is 1. The molecule has 0 aliphatic carbocycles. The average molecular weight is 456 g/mol. The molecular formula is C29H29NO4. The van der Waals surface area contributed by atoms with Crippen LogP contribution in [0, 0.1) is 6.92 Å². The molecule has 0 atom stereocenters. The van der Waals surface area contributed by atoms with E-state index < -0.39 is 17.8 Å². The van der Waals surface area contributed by atoms with Crippen LogP contribution in [0.5, 0.6) is 0 Å². The number of para-hydroxylation sites is 1. The number of hydrogen-bond donors (Lipinski definition) is 0. The molecule has 0 aromatic heterocycles. The summed E-state index contributed by atoms with van der Waals surface area (Å²) in [5, 5.41) is 0. The van der Waals surface area contributed by atoms with Crippen LogP contribution in [-0.4, -0.2) is 17.8 Å². The Morgan fingerprint density at radius 2 is 1.41 bits per heavy atom. The molecule has 3 aromatic rings. The molecule has 0 fully saturated rings. The number of fused-ring (bicyclic) bond motifs is 1. The molecule has 5 nitrogen and oxygen atoms in total. The number of carbonyl (C=O) groups excluding carboxylic acids is 3. The van der Waals surface area contributed by atoms with Crippen molar-refractivity contribution >= 4 is 23.5 Å². The van der Waals surface area contributed by atoms with Crippen molar-refractivity contribution in [1.29, 1.82) is 0 Å². The van der Waals surface area contributed by atoms with E-state index in [2.05, 4.69) is 0 Å². The number of imide groups is 1. The molecule has 0 radical (unpaired) electrons. The smallest absolute Gasteiger partial charge is 0.339 e. The summed E-state index contributed by atoms with van der Waals surface area (Å²) in [6, 6.07) is 18.3. The second-order valence-electron chi connectivity index (χ2n) is 9.33. The highest BCUT2D eigenvalue weighted by molar-refractivity contribution is 6.36. The Hall–Kier alpha value is -3.73.